The number of aryl methyl sites for hydroxylation is 2. The van der Waals surface area contributed by atoms with Gasteiger partial charge in [0.05, 0.1) is 12.8 Å². The van der Waals surface area contributed by atoms with E-state index in [0.717, 1.165) is 35.6 Å². The van der Waals surface area contributed by atoms with Gasteiger partial charge in [-0.15, -0.1) is 0 Å². The van der Waals surface area contributed by atoms with Gasteiger partial charge in [-0.1, -0.05) is 13.3 Å². The number of anilines is 1. The molecule has 1 aliphatic rings. The number of rotatable bonds is 7. The number of aromatic nitrogens is 4. The minimum Gasteiger partial charge on any atom is -0.481 e. The van der Waals surface area contributed by atoms with Gasteiger partial charge in [0, 0.05) is 43.5 Å². The molecule has 0 aliphatic carbocycles. The van der Waals surface area contributed by atoms with Crippen molar-refractivity contribution in [3.05, 3.63) is 53.7 Å². The van der Waals surface area contributed by atoms with Crippen molar-refractivity contribution in [1.29, 1.82) is 0 Å². The van der Waals surface area contributed by atoms with Gasteiger partial charge in [-0.05, 0) is 43.2 Å². The second-order valence-corrected chi connectivity index (χ2v) is 8.18. The zero-order valence-electron chi connectivity index (χ0n) is 19.3. The standard InChI is InChI=1S/C24H29FN6O2/c1-4-5-19-13-21(18-6-7-20(25)17(2)12-18)28-31(19)15-24(32)30-10-8-29(9-11-30)22-14-23(33-3)27-16-26-22/h6-7,12-14,16H,4-5,8-11,15H2,1-3H3. The van der Waals surface area contributed by atoms with Crippen molar-refractivity contribution in [2.24, 2.45) is 0 Å². The highest BCUT2D eigenvalue weighted by atomic mass is 19.1. The molecule has 0 N–H and O–H groups in total. The number of hydrogen-bond donors (Lipinski definition) is 0. The molecule has 1 saturated heterocycles. The van der Waals surface area contributed by atoms with Crippen LogP contribution in [0.25, 0.3) is 11.3 Å². The van der Waals surface area contributed by atoms with E-state index in [1.807, 2.05) is 11.0 Å². The second kappa shape index (κ2) is 9.97. The first-order valence-corrected chi connectivity index (χ1v) is 11.2. The predicted octanol–water partition coefficient (Wildman–Crippen LogP) is 3.10. The van der Waals surface area contributed by atoms with E-state index >= 15 is 0 Å². The van der Waals surface area contributed by atoms with Gasteiger partial charge in [-0.3, -0.25) is 9.48 Å². The lowest BCUT2D eigenvalue weighted by Crippen LogP contribution is -2.50. The van der Waals surface area contributed by atoms with E-state index in [1.165, 1.54) is 12.4 Å². The first-order chi connectivity index (χ1) is 16.0. The number of piperazine rings is 1. The van der Waals surface area contributed by atoms with Crippen LogP contribution in [0.2, 0.25) is 0 Å². The van der Waals surface area contributed by atoms with Gasteiger partial charge in [0.1, 0.15) is 24.5 Å². The average Bonchev–Trinajstić information content (AvgIpc) is 3.23. The molecule has 174 valence electrons. The van der Waals surface area contributed by atoms with E-state index in [4.69, 9.17) is 9.84 Å². The van der Waals surface area contributed by atoms with Crippen LogP contribution in [0.5, 0.6) is 5.88 Å². The average molecular weight is 453 g/mol. The fourth-order valence-corrected chi connectivity index (χ4v) is 4.02. The van der Waals surface area contributed by atoms with E-state index in [2.05, 4.69) is 21.8 Å². The Balaban J connectivity index is 1.43. The molecule has 3 aromatic rings. The van der Waals surface area contributed by atoms with E-state index in [-0.39, 0.29) is 18.3 Å². The van der Waals surface area contributed by atoms with E-state index in [1.54, 1.807) is 36.9 Å². The molecule has 9 heteroatoms. The zero-order valence-corrected chi connectivity index (χ0v) is 19.3. The van der Waals surface area contributed by atoms with Gasteiger partial charge >= 0.3 is 0 Å². The van der Waals surface area contributed by atoms with E-state index in [9.17, 15) is 9.18 Å². The van der Waals surface area contributed by atoms with Crippen LogP contribution in [0, 0.1) is 12.7 Å². The molecule has 1 aromatic carbocycles. The highest BCUT2D eigenvalue weighted by Gasteiger charge is 2.23. The van der Waals surface area contributed by atoms with Gasteiger partial charge in [0.25, 0.3) is 0 Å². The SMILES string of the molecule is CCCc1cc(-c2ccc(F)c(C)c2)nn1CC(=O)N1CCN(c2cc(OC)ncn2)CC1. The lowest BCUT2D eigenvalue weighted by molar-refractivity contribution is -0.132. The predicted molar refractivity (Wildman–Crippen MR) is 124 cm³/mol. The van der Waals surface area contributed by atoms with Gasteiger partial charge in [-0.25, -0.2) is 14.4 Å². The number of benzene rings is 1. The molecule has 4 rings (SSSR count). The number of nitrogens with zero attached hydrogens (tertiary/aromatic N) is 6. The monoisotopic (exact) mass is 452 g/mol. The normalized spacial score (nSPS) is 13.9. The van der Waals surface area contributed by atoms with E-state index in [0.29, 0.717) is 37.6 Å². The molecule has 1 amide bonds. The molecule has 0 radical (unpaired) electrons. The van der Waals surface area contributed by atoms with Crippen molar-refractivity contribution in [1.82, 2.24) is 24.6 Å². The Labute approximate surface area is 193 Å². The number of methoxy groups -OCH3 is 1. The highest BCUT2D eigenvalue weighted by Crippen LogP contribution is 2.23. The Kier molecular flexibility index (Phi) is 6.86. The molecule has 3 heterocycles. The summed E-state index contributed by atoms with van der Waals surface area (Å²) in [6.45, 7) is 6.63. The van der Waals surface area contributed by atoms with Crippen molar-refractivity contribution in [3.8, 4) is 17.1 Å². The molecule has 8 nitrogen and oxygen atoms in total. The summed E-state index contributed by atoms with van der Waals surface area (Å²) in [4.78, 5) is 25.4. The minimum atomic E-state index is -0.235. The van der Waals surface area contributed by atoms with Gasteiger partial charge in [-0.2, -0.15) is 5.10 Å². The fraction of sp³-hybridized carbons (Fsp3) is 0.417. The summed E-state index contributed by atoms with van der Waals surface area (Å²) in [5.74, 6) is 1.12. The first kappa shape index (κ1) is 22.7. The summed E-state index contributed by atoms with van der Waals surface area (Å²) in [6, 6.07) is 8.79. The van der Waals surface area contributed by atoms with Gasteiger partial charge in [0.2, 0.25) is 11.8 Å². The molecule has 0 atom stereocenters. The van der Waals surface area contributed by atoms with Crippen molar-refractivity contribution >= 4 is 11.7 Å². The number of halogens is 1. The topological polar surface area (TPSA) is 76.4 Å². The maximum absolute atomic E-state index is 13.7. The molecular formula is C24H29FN6O2. The third-order valence-corrected chi connectivity index (χ3v) is 5.90. The maximum atomic E-state index is 13.7. The van der Waals surface area contributed by atoms with Crippen molar-refractivity contribution < 1.29 is 13.9 Å². The largest absolute Gasteiger partial charge is 0.481 e. The Hall–Kier alpha value is -3.49. The third-order valence-electron chi connectivity index (χ3n) is 5.90. The number of hydrogen-bond acceptors (Lipinski definition) is 6. The fourth-order valence-electron chi connectivity index (χ4n) is 4.02. The summed E-state index contributed by atoms with van der Waals surface area (Å²) < 4.78 is 20.7. The molecule has 0 unspecified atom stereocenters. The summed E-state index contributed by atoms with van der Waals surface area (Å²) in [5, 5.41) is 4.69. The van der Waals surface area contributed by atoms with Crippen LogP contribution in [0.4, 0.5) is 10.2 Å². The first-order valence-electron chi connectivity index (χ1n) is 11.2. The quantitative estimate of drug-likeness (QED) is 0.548. The second-order valence-electron chi connectivity index (χ2n) is 8.18. The Morgan fingerprint density at radius 2 is 1.91 bits per heavy atom. The molecule has 0 saturated carbocycles. The summed E-state index contributed by atoms with van der Waals surface area (Å²) in [7, 11) is 1.58. The van der Waals surface area contributed by atoms with Crippen molar-refractivity contribution in [2.45, 2.75) is 33.2 Å². The number of ether oxygens (including phenoxy) is 1. The maximum Gasteiger partial charge on any atom is 0.244 e. The van der Waals surface area contributed by atoms with Crippen LogP contribution < -0.4 is 9.64 Å². The van der Waals surface area contributed by atoms with Crippen LogP contribution in [-0.4, -0.2) is 63.8 Å². The van der Waals surface area contributed by atoms with Crippen molar-refractivity contribution in [2.75, 3.05) is 38.2 Å². The van der Waals surface area contributed by atoms with Crippen LogP contribution in [0.3, 0.4) is 0 Å². The molecule has 1 fully saturated rings. The Bertz CT molecular complexity index is 1120. The van der Waals surface area contributed by atoms with Crippen LogP contribution in [0.15, 0.2) is 36.7 Å². The number of carbonyl (C=O) groups excluding carboxylic acids is 1. The molecule has 33 heavy (non-hydrogen) atoms. The molecule has 1 aliphatic heterocycles. The molecule has 0 spiro atoms. The number of amides is 1. The summed E-state index contributed by atoms with van der Waals surface area (Å²) in [6.07, 6.45) is 3.26. The molecular weight excluding hydrogens is 423 g/mol. The zero-order chi connectivity index (χ0) is 23.4. The van der Waals surface area contributed by atoms with Gasteiger partial charge in [0.15, 0.2) is 0 Å². The highest BCUT2D eigenvalue weighted by molar-refractivity contribution is 5.76. The van der Waals surface area contributed by atoms with Crippen LogP contribution in [0.1, 0.15) is 24.6 Å². The molecule has 2 aromatic heterocycles. The smallest absolute Gasteiger partial charge is 0.244 e. The van der Waals surface area contributed by atoms with Crippen molar-refractivity contribution in [3.63, 3.8) is 0 Å². The third kappa shape index (κ3) is 5.13. The number of carbonyl (C=O) groups is 1. The van der Waals surface area contributed by atoms with Gasteiger partial charge < -0.3 is 14.5 Å². The summed E-state index contributed by atoms with van der Waals surface area (Å²) >= 11 is 0. The Morgan fingerprint density at radius 3 is 2.61 bits per heavy atom. The lowest BCUT2D eigenvalue weighted by Gasteiger charge is -2.35. The minimum absolute atomic E-state index is 0.0391. The lowest BCUT2D eigenvalue weighted by atomic mass is 10.1. The van der Waals surface area contributed by atoms with Crippen LogP contribution in [-0.2, 0) is 17.8 Å². The summed E-state index contributed by atoms with van der Waals surface area (Å²) in [5.41, 5.74) is 3.20. The van der Waals surface area contributed by atoms with Crippen LogP contribution >= 0.6 is 0 Å². The Morgan fingerprint density at radius 1 is 1.12 bits per heavy atom. The van der Waals surface area contributed by atoms with E-state index < -0.39 is 0 Å². The molecule has 0 bridgehead atoms.